The molecule has 6 nitrogen and oxygen atoms in total. The van der Waals surface area contributed by atoms with Crippen LogP contribution in [0.2, 0.25) is 0 Å². The molecule has 0 fully saturated rings. The van der Waals surface area contributed by atoms with Crippen molar-refractivity contribution in [2.24, 2.45) is 12.9 Å². The van der Waals surface area contributed by atoms with E-state index in [1.54, 1.807) is 23.0 Å². The number of nitrogens with two attached hydrogens (primary N) is 1. The lowest BCUT2D eigenvalue weighted by atomic mass is 10.1. The molecule has 0 saturated heterocycles. The number of amides is 1. The Morgan fingerprint density at radius 2 is 2.05 bits per heavy atom. The first-order valence-corrected chi connectivity index (χ1v) is 5.90. The number of nitrogens with zero attached hydrogens (tertiary/aromatic N) is 2. The third kappa shape index (κ3) is 2.74. The van der Waals surface area contributed by atoms with Crippen LogP contribution < -0.4 is 16.6 Å². The van der Waals surface area contributed by atoms with Crippen molar-refractivity contribution in [1.82, 2.24) is 9.78 Å². The number of nitrogens with one attached hydrogen (secondary N) is 2. The lowest BCUT2D eigenvalue weighted by Crippen LogP contribution is -2.17. The lowest BCUT2D eigenvalue weighted by molar-refractivity contribution is 0.102. The smallest absolute Gasteiger partial charge is 0.257 e. The summed E-state index contributed by atoms with van der Waals surface area (Å²) in [6.45, 7) is 3.76. The van der Waals surface area contributed by atoms with Gasteiger partial charge >= 0.3 is 0 Å². The number of hydrazine groups is 1. The fraction of sp³-hybridized carbons (Fsp3) is 0.231. The van der Waals surface area contributed by atoms with Crippen LogP contribution >= 0.6 is 0 Å². The molecule has 0 bridgehead atoms. The van der Waals surface area contributed by atoms with E-state index in [0.717, 1.165) is 11.3 Å². The van der Waals surface area contributed by atoms with Crippen LogP contribution in [0, 0.1) is 13.8 Å². The van der Waals surface area contributed by atoms with Crippen molar-refractivity contribution in [2.75, 3.05) is 10.7 Å². The Hall–Kier alpha value is -2.34. The molecule has 0 aliphatic heterocycles. The van der Waals surface area contributed by atoms with E-state index < -0.39 is 0 Å². The highest BCUT2D eigenvalue weighted by molar-refractivity contribution is 6.08. The number of hydrogen-bond donors (Lipinski definition) is 3. The second kappa shape index (κ2) is 5.11. The van der Waals surface area contributed by atoms with E-state index in [2.05, 4.69) is 15.8 Å². The average Bonchev–Trinajstić information content (AvgIpc) is 2.67. The minimum Gasteiger partial charge on any atom is -0.323 e. The first-order valence-electron chi connectivity index (χ1n) is 5.90. The maximum Gasteiger partial charge on any atom is 0.257 e. The summed E-state index contributed by atoms with van der Waals surface area (Å²) in [5.74, 6) is 5.20. The summed E-state index contributed by atoms with van der Waals surface area (Å²) < 4.78 is 1.66. The molecule has 0 aliphatic carbocycles. The molecule has 0 saturated carbocycles. The van der Waals surface area contributed by atoms with E-state index in [0.29, 0.717) is 16.9 Å². The van der Waals surface area contributed by atoms with Crippen molar-refractivity contribution in [3.63, 3.8) is 0 Å². The number of carbonyl (C=O) groups is 1. The predicted molar refractivity (Wildman–Crippen MR) is 74.9 cm³/mol. The molecule has 19 heavy (non-hydrogen) atoms. The molecule has 1 aromatic carbocycles. The van der Waals surface area contributed by atoms with Crippen LogP contribution in [0.25, 0.3) is 0 Å². The summed E-state index contributed by atoms with van der Waals surface area (Å²) in [6.07, 6.45) is 1.76. The highest BCUT2D eigenvalue weighted by Crippen LogP contribution is 2.19. The number of anilines is 2. The van der Waals surface area contributed by atoms with Crippen LogP contribution in [0.5, 0.6) is 0 Å². The van der Waals surface area contributed by atoms with Gasteiger partial charge in [0.1, 0.15) is 0 Å². The van der Waals surface area contributed by atoms with E-state index >= 15 is 0 Å². The van der Waals surface area contributed by atoms with Gasteiger partial charge in [-0.3, -0.25) is 15.3 Å². The third-order valence-corrected chi connectivity index (χ3v) is 2.84. The maximum atomic E-state index is 12.3. The number of hydrogen-bond acceptors (Lipinski definition) is 4. The number of aromatic nitrogens is 2. The molecule has 100 valence electrons. The zero-order valence-corrected chi connectivity index (χ0v) is 11.2. The highest BCUT2D eigenvalue weighted by atomic mass is 16.1. The van der Waals surface area contributed by atoms with Crippen LogP contribution in [-0.4, -0.2) is 15.7 Å². The van der Waals surface area contributed by atoms with E-state index in [1.807, 2.05) is 27.0 Å². The molecule has 1 aromatic heterocycles. The number of carbonyl (C=O) groups excluding carboxylic acids is 1. The van der Waals surface area contributed by atoms with Crippen LogP contribution in [0.1, 0.15) is 21.6 Å². The number of rotatable bonds is 3. The van der Waals surface area contributed by atoms with Gasteiger partial charge in [0.15, 0.2) is 0 Å². The molecule has 2 aromatic rings. The zero-order valence-electron chi connectivity index (χ0n) is 11.2. The molecular formula is C13H17N5O. The maximum absolute atomic E-state index is 12.3. The summed E-state index contributed by atoms with van der Waals surface area (Å²) in [6, 6.07) is 5.46. The van der Waals surface area contributed by atoms with Crippen LogP contribution in [0.4, 0.5) is 11.4 Å². The van der Waals surface area contributed by atoms with Gasteiger partial charge < -0.3 is 10.7 Å². The summed E-state index contributed by atoms with van der Waals surface area (Å²) in [4.78, 5) is 12.3. The number of benzene rings is 1. The Morgan fingerprint density at radius 3 is 2.63 bits per heavy atom. The normalized spacial score (nSPS) is 10.3. The minimum atomic E-state index is -0.215. The Kier molecular flexibility index (Phi) is 3.52. The van der Waals surface area contributed by atoms with Gasteiger partial charge in [-0.2, -0.15) is 5.10 Å². The van der Waals surface area contributed by atoms with Crippen molar-refractivity contribution < 1.29 is 4.79 Å². The molecule has 0 spiro atoms. The standard InChI is InChI=1S/C13H17N5O/c1-8-4-5-11(16-14)10(6-8)13(19)15-12-7-18(3)17-9(12)2/h4-7,16H,14H2,1-3H3,(H,15,19). The first kappa shape index (κ1) is 13.1. The predicted octanol–water partition coefficient (Wildman–Crippen LogP) is 1.57. The molecule has 1 heterocycles. The quantitative estimate of drug-likeness (QED) is 0.577. The molecule has 1 amide bonds. The minimum absolute atomic E-state index is 0.215. The van der Waals surface area contributed by atoms with Gasteiger partial charge in [0.2, 0.25) is 0 Å². The lowest BCUT2D eigenvalue weighted by Gasteiger charge is -2.10. The molecular weight excluding hydrogens is 242 g/mol. The largest absolute Gasteiger partial charge is 0.323 e. The summed E-state index contributed by atoms with van der Waals surface area (Å²) in [5, 5.41) is 7.01. The molecule has 0 radical (unpaired) electrons. The van der Waals surface area contributed by atoms with Gasteiger partial charge in [0.25, 0.3) is 5.91 Å². The van der Waals surface area contributed by atoms with E-state index in [9.17, 15) is 4.79 Å². The van der Waals surface area contributed by atoms with Gasteiger partial charge in [0, 0.05) is 13.2 Å². The Bertz CT molecular complexity index is 617. The molecule has 6 heteroatoms. The molecule has 2 rings (SSSR count). The fourth-order valence-corrected chi connectivity index (χ4v) is 1.88. The van der Waals surface area contributed by atoms with Crippen LogP contribution in [0.15, 0.2) is 24.4 Å². The van der Waals surface area contributed by atoms with Crippen molar-refractivity contribution >= 4 is 17.3 Å². The van der Waals surface area contributed by atoms with Crippen LogP contribution in [-0.2, 0) is 7.05 Å². The van der Waals surface area contributed by atoms with Crippen LogP contribution in [0.3, 0.4) is 0 Å². The Balaban J connectivity index is 2.29. The Morgan fingerprint density at radius 1 is 1.32 bits per heavy atom. The number of nitrogen functional groups attached to an aromatic ring is 1. The van der Waals surface area contributed by atoms with E-state index in [1.165, 1.54) is 0 Å². The molecule has 0 atom stereocenters. The highest BCUT2D eigenvalue weighted by Gasteiger charge is 2.13. The van der Waals surface area contributed by atoms with Crippen molar-refractivity contribution in [1.29, 1.82) is 0 Å². The van der Waals surface area contributed by atoms with Crippen molar-refractivity contribution in [3.8, 4) is 0 Å². The van der Waals surface area contributed by atoms with Crippen molar-refractivity contribution in [3.05, 3.63) is 41.2 Å². The van der Waals surface area contributed by atoms with Gasteiger partial charge in [-0.1, -0.05) is 11.6 Å². The average molecular weight is 259 g/mol. The molecule has 0 unspecified atom stereocenters. The third-order valence-electron chi connectivity index (χ3n) is 2.84. The van der Waals surface area contributed by atoms with Gasteiger partial charge in [-0.05, 0) is 26.0 Å². The van der Waals surface area contributed by atoms with Gasteiger partial charge in [-0.15, -0.1) is 0 Å². The summed E-state index contributed by atoms with van der Waals surface area (Å²) in [5.41, 5.74) is 6.07. The second-order valence-corrected chi connectivity index (χ2v) is 4.45. The van der Waals surface area contributed by atoms with E-state index in [4.69, 9.17) is 5.84 Å². The topological polar surface area (TPSA) is 85.0 Å². The molecule has 4 N–H and O–H groups in total. The summed E-state index contributed by atoms with van der Waals surface area (Å²) >= 11 is 0. The second-order valence-electron chi connectivity index (χ2n) is 4.45. The zero-order chi connectivity index (χ0) is 14.0. The van der Waals surface area contributed by atoms with E-state index in [-0.39, 0.29) is 5.91 Å². The Labute approximate surface area is 111 Å². The summed E-state index contributed by atoms with van der Waals surface area (Å²) in [7, 11) is 1.81. The fourth-order valence-electron chi connectivity index (χ4n) is 1.88. The number of aryl methyl sites for hydroxylation is 3. The SMILES string of the molecule is Cc1ccc(NN)c(C(=O)Nc2cn(C)nc2C)c1. The molecule has 0 aliphatic rings. The van der Waals surface area contributed by atoms with Gasteiger partial charge in [0.05, 0.1) is 22.6 Å². The monoisotopic (exact) mass is 259 g/mol. The van der Waals surface area contributed by atoms with Gasteiger partial charge in [-0.25, -0.2) is 0 Å². The van der Waals surface area contributed by atoms with Crippen molar-refractivity contribution in [2.45, 2.75) is 13.8 Å². The first-order chi connectivity index (χ1) is 9.01.